The Hall–Kier alpha value is -0.930. The number of likely N-dealkylation sites (tertiary alicyclic amines) is 1. The highest BCUT2D eigenvalue weighted by molar-refractivity contribution is 5.21. The molecule has 1 heterocycles. The van der Waals surface area contributed by atoms with Crippen LogP contribution in [0.4, 0.5) is 4.39 Å². The molecule has 1 saturated heterocycles. The second-order valence-electron chi connectivity index (χ2n) is 6.02. The highest BCUT2D eigenvalue weighted by atomic mass is 19.1. The molecular formula is C16H23FN2. The minimum absolute atomic E-state index is 0.171. The lowest BCUT2D eigenvalue weighted by Crippen LogP contribution is -2.45. The minimum atomic E-state index is -0.208. The summed E-state index contributed by atoms with van der Waals surface area (Å²) < 4.78 is 13.8. The summed E-state index contributed by atoms with van der Waals surface area (Å²) >= 11 is 0. The predicted molar refractivity (Wildman–Crippen MR) is 75.3 cm³/mol. The van der Waals surface area contributed by atoms with Crippen molar-refractivity contribution >= 4 is 0 Å². The molecule has 0 spiro atoms. The van der Waals surface area contributed by atoms with Crippen LogP contribution >= 0.6 is 0 Å². The molecule has 3 unspecified atom stereocenters. The van der Waals surface area contributed by atoms with Gasteiger partial charge >= 0.3 is 0 Å². The molecule has 0 radical (unpaired) electrons. The summed E-state index contributed by atoms with van der Waals surface area (Å²) in [5, 5.41) is 0. The van der Waals surface area contributed by atoms with E-state index in [-0.39, 0.29) is 11.9 Å². The molecule has 1 aliphatic carbocycles. The second kappa shape index (κ2) is 5.59. The third-order valence-electron chi connectivity index (χ3n) is 4.84. The number of benzene rings is 1. The first kappa shape index (κ1) is 13.1. The fourth-order valence-electron chi connectivity index (χ4n) is 3.91. The normalized spacial score (nSPS) is 29.2. The van der Waals surface area contributed by atoms with Gasteiger partial charge in [0.2, 0.25) is 0 Å². The zero-order chi connectivity index (χ0) is 13.2. The molecular weight excluding hydrogens is 239 g/mol. The van der Waals surface area contributed by atoms with Crippen molar-refractivity contribution < 1.29 is 4.39 Å². The van der Waals surface area contributed by atoms with Crippen molar-refractivity contribution in [3.8, 4) is 0 Å². The van der Waals surface area contributed by atoms with Crippen LogP contribution in [0.5, 0.6) is 0 Å². The summed E-state index contributed by atoms with van der Waals surface area (Å²) in [7, 11) is 0. The molecule has 2 aliphatic rings. The fourth-order valence-corrected chi connectivity index (χ4v) is 3.91. The molecule has 1 aromatic carbocycles. The molecule has 19 heavy (non-hydrogen) atoms. The van der Waals surface area contributed by atoms with Gasteiger partial charge in [-0.15, -0.1) is 0 Å². The van der Waals surface area contributed by atoms with Crippen LogP contribution in [-0.4, -0.2) is 24.0 Å². The van der Waals surface area contributed by atoms with E-state index in [1.807, 2.05) is 12.1 Å². The number of hydrogen-bond donors (Lipinski definition) is 1. The van der Waals surface area contributed by atoms with E-state index >= 15 is 0 Å². The summed E-state index contributed by atoms with van der Waals surface area (Å²) in [6.07, 6.45) is 6.66. The Morgan fingerprint density at radius 2 is 2.00 bits per heavy atom. The topological polar surface area (TPSA) is 29.3 Å². The van der Waals surface area contributed by atoms with Gasteiger partial charge in [0, 0.05) is 24.2 Å². The van der Waals surface area contributed by atoms with E-state index in [4.69, 9.17) is 5.73 Å². The monoisotopic (exact) mass is 262 g/mol. The molecule has 104 valence electrons. The number of hydrogen-bond acceptors (Lipinski definition) is 2. The molecule has 0 amide bonds. The van der Waals surface area contributed by atoms with Gasteiger partial charge in [-0.3, -0.25) is 4.90 Å². The zero-order valence-electron chi connectivity index (χ0n) is 11.4. The van der Waals surface area contributed by atoms with E-state index in [1.165, 1.54) is 38.2 Å². The maximum absolute atomic E-state index is 13.8. The van der Waals surface area contributed by atoms with Gasteiger partial charge in [0.05, 0.1) is 0 Å². The van der Waals surface area contributed by atoms with Crippen LogP contribution < -0.4 is 5.73 Å². The van der Waals surface area contributed by atoms with Crippen LogP contribution in [0, 0.1) is 11.7 Å². The quantitative estimate of drug-likeness (QED) is 0.907. The van der Waals surface area contributed by atoms with Gasteiger partial charge in [-0.2, -0.15) is 0 Å². The largest absolute Gasteiger partial charge is 0.323 e. The van der Waals surface area contributed by atoms with Crippen molar-refractivity contribution in [3.63, 3.8) is 0 Å². The maximum Gasteiger partial charge on any atom is 0.128 e. The van der Waals surface area contributed by atoms with Crippen molar-refractivity contribution in [2.75, 3.05) is 13.1 Å². The number of piperidine rings is 1. The molecule has 3 atom stereocenters. The van der Waals surface area contributed by atoms with E-state index < -0.39 is 0 Å². The van der Waals surface area contributed by atoms with Gasteiger partial charge in [0.25, 0.3) is 0 Å². The lowest BCUT2D eigenvalue weighted by atomic mass is 9.91. The van der Waals surface area contributed by atoms with Gasteiger partial charge < -0.3 is 5.73 Å². The Kier molecular flexibility index (Phi) is 3.85. The standard InChI is InChI=1S/C16H23FN2/c17-14-8-2-1-7-13(14)15(18)11-19-10-4-6-12-5-3-9-16(12)19/h1-2,7-8,12,15-16H,3-6,9-11,18H2. The highest BCUT2D eigenvalue weighted by Crippen LogP contribution is 2.37. The fraction of sp³-hybridized carbons (Fsp3) is 0.625. The first-order valence-corrected chi connectivity index (χ1v) is 7.50. The van der Waals surface area contributed by atoms with Crippen molar-refractivity contribution in [2.45, 2.75) is 44.2 Å². The molecule has 1 aromatic rings. The summed E-state index contributed by atoms with van der Waals surface area (Å²) in [4.78, 5) is 2.51. The number of fused-ring (bicyclic) bond motifs is 1. The van der Waals surface area contributed by atoms with Gasteiger partial charge in [0.1, 0.15) is 5.82 Å². The molecule has 0 bridgehead atoms. The van der Waals surface area contributed by atoms with E-state index in [0.717, 1.165) is 19.0 Å². The number of halogens is 1. The van der Waals surface area contributed by atoms with Crippen LogP contribution in [0.25, 0.3) is 0 Å². The molecule has 2 N–H and O–H groups in total. The first-order chi connectivity index (χ1) is 9.25. The first-order valence-electron chi connectivity index (χ1n) is 7.50. The van der Waals surface area contributed by atoms with Crippen molar-refractivity contribution in [3.05, 3.63) is 35.6 Å². The lowest BCUT2D eigenvalue weighted by Gasteiger charge is -2.39. The summed E-state index contributed by atoms with van der Waals surface area (Å²) in [6, 6.07) is 7.40. The molecule has 1 saturated carbocycles. The Labute approximate surface area is 114 Å². The number of nitrogens with zero attached hydrogens (tertiary/aromatic N) is 1. The minimum Gasteiger partial charge on any atom is -0.323 e. The zero-order valence-corrected chi connectivity index (χ0v) is 11.4. The number of rotatable bonds is 3. The van der Waals surface area contributed by atoms with E-state index in [0.29, 0.717) is 11.6 Å². The SMILES string of the molecule is NC(CN1CCCC2CCCC21)c1ccccc1F. The molecule has 2 fully saturated rings. The average Bonchev–Trinajstić information content (AvgIpc) is 2.88. The van der Waals surface area contributed by atoms with Gasteiger partial charge in [-0.05, 0) is 44.2 Å². The summed E-state index contributed by atoms with van der Waals surface area (Å²) in [5.74, 6) is 0.691. The maximum atomic E-state index is 13.8. The van der Waals surface area contributed by atoms with Crippen LogP contribution in [0.15, 0.2) is 24.3 Å². The van der Waals surface area contributed by atoms with Crippen LogP contribution in [0.2, 0.25) is 0 Å². The van der Waals surface area contributed by atoms with Crippen LogP contribution in [0.3, 0.4) is 0 Å². The molecule has 1 aliphatic heterocycles. The Balaban J connectivity index is 1.69. The van der Waals surface area contributed by atoms with E-state index in [2.05, 4.69) is 4.90 Å². The lowest BCUT2D eigenvalue weighted by molar-refractivity contribution is 0.106. The van der Waals surface area contributed by atoms with Gasteiger partial charge in [-0.25, -0.2) is 4.39 Å². The second-order valence-corrected chi connectivity index (χ2v) is 6.02. The van der Waals surface area contributed by atoms with Crippen LogP contribution in [-0.2, 0) is 0 Å². The van der Waals surface area contributed by atoms with Crippen molar-refractivity contribution in [1.29, 1.82) is 0 Å². The summed E-state index contributed by atoms with van der Waals surface area (Å²) in [5.41, 5.74) is 6.88. The molecule has 3 heteroatoms. The Morgan fingerprint density at radius 1 is 1.21 bits per heavy atom. The third kappa shape index (κ3) is 2.67. The number of nitrogens with two attached hydrogens (primary N) is 1. The van der Waals surface area contributed by atoms with Crippen molar-refractivity contribution in [2.24, 2.45) is 11.7 Å². The average molecular weight is 262 g/mol. The van der Waals surface area contributed by atoms with Crippen LogP contribution in [0.1, 0.15) is 43.7 Å². The van der Waals surface area contributed by atoms with E-state index in [9.17, 15) is 4.39 Å². The Bertz CT molecular complexity index is 435. The predicted octanol–water partition coefficient (Wildman–Crippen LogP) is 3.09. The Morgan fingerprint density at radius 3 is 2.84 bits per heavy atom. The van der Waals surface area contributed by atoms with Crippen molar-refractivity contribution in [1.82, 2.24) is 4.90 Å². The van der Waals surface area contributed by atoms with Gasteiger partial charge in [-0.1, -0.05) is 24.6 Å². The van der Waals surface area contributed by atoms with Gasteiger partial charge in [0.15, 0.2) is 0 Å². The molecule has 0 aromatic heterocycles. The summed E-state index contributed by atoms with van der Waals surface area (Å²) in [6.45, 7) is 1.92. The smallest absolute Gasteiger partial charge is 0.128 e. The molecule has 3 rings (SSSR count). The molecule has 2 nitrogen and oxygen atoms in total. The third-order valence-corrected chi connectivity index (χ3v) is 4.84. The highest BCUT2D eigenvalue weighted by Gasteiger charge is 2.35. The van der Waals surface area contributed by atoms with E-state index in [1.54, 1.807) is 6.07 Å².